The maximum absolute atomic E-state index is 12.5. The second-order valence-corrected chi connectivity index (χ2v) is 6.66. The van der Waals surface area contributed by atoms with E-state index in [2.05, 4.69) is 0 Å². The number of hydrogen-bond acceptors (Lipinski definition) is 4. The lowest BCUT2D eigenvalue weighted by molar-refractivity contribution is -0.137. The predicted molar refractivity (Wildman–Crippen MR) is 76.0 cm³/mol. The van der Waals surface area contributed by atoms with Crippen molar-refractivity contribution in [3.8, 4) is 0 Å². The van der Waals surface area contributed by atoms with Crippen LogP contribution in [-0.4, -0.2) is 34.5 Å². The molecule has 4 nitrogen and oxygen atoms in total. The van der Waals surface area contributed by atoms with E-state index in [9.17, 15) is 9.59 Å². The molecule has 1 aliphatic carbocycles. The quantitative estimate of drug-likeness (QED) is 0.922. The fraction of sp³-hybridized carbons (Fsp3) is 0.385. The Balaban J connectivity index is 1.79. The largest absolute Gasteiger partial charge is 0.481 e. The number of aliphatic carboxylic acids is 1. The average Bonchev–Trinajstić information content (AvgIpc) is 2.96. The fourth-order valence-corrected chi connectivity index (χ4v) is 4.13. The van der Waals surface area contributed by atoms with E-state index >= 15 is 0 Å². The molecule has 3 rings (SSSR count). The van der Waals surface area contributed by atoms with Crippen LogP contribution in [0.3, 0.4) is 0 Å². The highest BCUT2D eigenvalue weighted by Gasteiger charge is 2.33. The molecular weight excluding hydrogens is 282 g/mol. The van der Waals surface area contributed by atoms with E-state index in [1.54, 1.807) is 16.2 Å². The second kappa shape index (κ2) is 4.94. The number of nitrogens with zero attached hydrogens (tertiary/aromatic N) is 1. The maximum atomic E-state index is 12.5. The van der Waals surface area contributed by atoms with E-state index in [-0.39, 0.29) is 18.4 Å². The lowest BCUT2D eigenvalue weighted by atomic mass is 10.3. The van der Waals surface area contributed by atoms with Crippen molar-refractivity contribution in [3.05, 3.63) is 22.4 Å². The Kier molecular flexibility index (Phi) is 3.28. The van der Waals surface area contributed by atoms with Crippen LogP contribution in [0.1, 0.15) is 28.9 Å². The van der Waals surface area contributed by atoms with E-state index in [0.29, 0.717) is 6.54 Å². The van der Waals surface area contributed by atoms with Crippen molar-refractivity contribution in [1.82, 2.24) is 4.90 Å². The van der Waals surface area contributed by atoms with Gasteiger partial charge in [-0.05, 0) is 30.4 Å². The number of carbonyl (C=O) groups is 2. The van der Waals surface area contributed by atoms with Gasteiger partial charge in [-0.1, -0.05) is 0 Å². The lowest BCUT2D eigenvalue weighted by Crippen LogP contribution is -2.34. The number of carboxylic acids is 1. The van der Waals surface area contributed by atoms with Crippen molar-refractivity contribution >= 4 is 43.9 Å². The molecule has 0 radical (unpaired) electrons. The fourth-order valence-electron chi connectivity index (χ4n) is 2.06. The summed E-state index contributed by atoms with van der Waals surface area (Å²) >= 11 is 3.12. The molecule has 0 spiro atoms. The van der Waals surface area contributed by atoms with Crippen molar-refractivity contribution in [2.45, 2.75) is 25.3 Å². The van der Waals surface area contributed by atoms with Crippen LogP contribution in [0.2, 0.25) is 0 Å². The van der Waals surface area contributed by atoms with Gasteiger partial charge in [0.15, 0.2) is 0 Å². The summed E-state index contributed by atoms with van der Waals surface area (Å²) in [4.78, 5) is 25.6. The van der Waals surface area contributed by atoms with E-state index < -0.39 is 5.97 Å². The number of carbonyl (C=O) groups excluding carboxylic acids is 1. The number of thiophene rings is 2. The maximum Gasteiger partial charge on any atom is 0.305 e. The van der Waals surface area contributed by atoms with Gasteiger partial charge in [0.1, 0.15) is 0 Å². The van der Waals surface area contributed by atoms with Gasteiger partial charge in [-0.2, -0.15) is 0 Å². The Bertz CT molecular complexity index is 598. The van der Waals surface area contributed by atoms with E-state index in [0.717, 1.165) is 27.1 Å². The van der Waals surface area contributed by atoms with Gasteiger partial charge >= 0.3 is 5.97 Å². The summed E-state index contributed by atoms with van der Waals surface area (Å²) < 4.78 is 2.25. The summed E-state index contributed by atoms with van der Waals surface area (Å²) in [5.41, 5.74) is 0. The Hall–Kier alpha value is -1.40. The highest BCUT2D eigenvalue weighted by atomic mass is 32.1. The SMILES string of the molecule is O=C(O)CCN(C(=O)c1cc2sccc2s1)C1CC1. The molecule has 6 heteroatoms. The number of hydrogen-bond donors (Lipinski definition) is 1. The predicted octanol–water partition coefficient (Wildman–Crippen LogP) is 3.04. The molecule has 1 saturated carbocycles. The van der Waals surface area contributed by atoms with Crippen LogP contribution < -0.4 is 0 Å². The highest BCUT2D eigenvalue weighted by Crippen LogP contribution is 2.33. The van der Waals surface area contributed by atoms with Crippen molar-refractivity contribution < 1.29 is 14.7 Å². The van der Waals surface area contributed by atoms with Gasteiger partial charge in [-0.15, -0.1) is 22.7 Å². The van der Waals surface area contributed by atoms with Crippen LogP contribution in [0, 0.1) is 0 Å². The van der Waals surface area contributed by atoms with E-state index in [4.69, 9.17) is 5.11 Å². The first kappa shape index (κ1) is 12.6. The van der Waals surface area contributed by atoms with Crippen LogP contribution in [0.5, 0.6) is 0 Å². The first-order valence-corrected chi connectivity index (χ1v) is 7.84. The van der Waals surface area contributed by atoms with E-state index in [1.807, 2.05) is 17.5 Å². The van der Waals surface area contributed by atoms with Crippen LogP contribution in [-0.2, 0) is 4.79 Å². The van der Waals surface area contributed by atoms with Gasteiger partial charge < -0.3 is 10.0 Å². The third-order valence-electron chi connectivity index (χ3n) is 3.17. The normalized spacial score (nSPS) is 14.7. The minimum Gasteiger partial charge on any atom is -0.481 e. The lowest BCUT2D eigenvalue weighted by Gasteiger charge is -2.20. The molecular formula is C13H13NO3S2. The van der Waals surface area contributed by atoms with Crippen LogP contribution in [0.4, 0.5) is 0 Å². The zero-order valence-electron chi connectivity index (χ0n) is 10.2. The highest BCUT2D eigenvalue weighted by molar-refractivity contribution is 7.27. The van der Waals surface area contributed by atoms with Gasteiger partial charge in [-0.3, -0.25) is 9.59 Å². The molecule has 0 bridgehead atoms. The number of amides is 1. The molecule has 2 heterocycles. The summed E-state index contributed by atoms with van der Waals surface area (Å²) in [6.45, 7) is 0.310. The molecule has 100 valence electrons. The average molecular weight is 295 g/mol. The third kappa shape index (κ3) is 2.64. The molecule has 1 aliphatic rings. The zero-order valence-corrected chi connectivity index (χ0v) is 11.8. The summed E-state index contributed by atoms with van der Waals surface area (Å²) in [6, 6.07) is 4.18. The molecule has 2 aromatic heterocycles. The Morgan fingerprint density at radius 3 is 2.79 bits per heavy atom. The molecule has 2 aromatic rings. The second-order valence-electron chi connectivity index (χ2n) is 4.63. The standard InChI is InChI=1S/C13H13NO3S2/c15-12(16)3-5-14(8-1-2-8)13(17)11-7-10-9(19-11)4-6-18-10/h4,6-8H,1-3,5H2,(H,15,16). The van der Waals surface area contributed by atoms with Crippen molar-refractivity contribution in [2.24, 2.45) is 0 Å². The minimum absolute atomic E-state index is 0.0159. The van der Waals surface area contributed by atoms with Gasteiger partial charge in [0.05, 0.1) is 11.3 Å². The third-order valence-corrected chi connectivity index (χ3v) is 5.25. The Labute approximate surface area is 118 Å². The monoisotopic (exact) mass is 295 g/mol. The van der Waals surface area contributed by atoms with Crippen LogP contribution >= 0.6 is 22.7 Å². The van der Waals surface area contributed by atoms with Crippen LogP contribution in [0.15, 0.2) is 17.5 Å². The van der Waals surface area contributed by atoms with Crippen LogP contribution in [0.25, 0.3) is 9.40 Å². The van der Waals surface area contributed by atoms with Crippen molar-refractivity contribution in [3.63, 3.8) is 0 Å². The molecule has 0 aliphatic heterocycles. The Morgan fingerprint density at radius 1 is 1.37 bits per heavy atom. The molecule has 1 amide bonds. The number of carboxylic acid groups (broad SMARTS) is 1. The summed E-state index contributed by atoms with van der Waals surface area (Å²) in [6.07, 6.45) is 2.00. The molecule has 0 aromatic carbocycles. The molecule has 0 atom stereocenters. The zero-order chi connectivity index (χ0) is 13.4. The first-order valence-electron chi connectivity index (χ1n) is 6.15. The van der Waals surface area contributed by atoms with Gasteiger partial charge in [0.2, 0.25) is 0 Å². The number of fused-ring (bicyclic) bond motifs is 1. The first-order chi connectivity index (χ1) is 9.15. The topological polar surface area (TPSA) is 57.6 Å². The smallest absolute Gasteiger partial charge is 0.305 e. The van der Waals surface area contributed by atoms with Gasteiger partial charge in [-0.25, -0.2) is 0 Å². The van der Waals surface area contributed by atoms with Crippen molar-refractivity contribution in [1.29, 1.82) is 0 Å². The molecule has 1 fully saturated rings. The summed E-state index contributed by atoms with van der Waals surface area (Å²) in [5.74, 6) is -0.872. The Morgan fingerprint density at radius 2 is 2.16 bits per heavy atom. The molecule has 1 N–H and O–H groups in total. The summed E-state index contributed by atoms with van der Waals surface area (Å²) in [5, 5.41) is 10.8. The number of rotatable bonds is 5. The minimum atomic E-state index is -0.856. The molecule has 19 heavy (non-hydrogen) atoms. The molecule has 0 unspecified atom stereocenters. The van der Waals surface area contributed by atoms with Gasteiger partial charge in [0, 0.05) is 22.0 Å². The van der Waals surface area contributed by atoms with Gasteiger partial charge in [0.25, 0.3) is 5.91 Å². The van der Waals surface area contributed by atoms with Crippen molar-refractivity contribution in [2.75, 3.05) is 6.54 Å². The molecule has 0 saturated heterocycles. The van der Waals surface area contributed by atoms with E-state index in [1.165, 1.54) is 11.3 Å². The summed E-state index contributed by atoms with van der Waals surface area (Å²) in [7, 11) is 0.